The Morgan fingerprint density at radius 3 is 2.38 bits per heavy atom. The second-order valence-corrected chi connectivity index (χ2v) is 6.39. The second-order valence-electron chi connectivity index (χ2n) is 6.39. The highest BCUT2D eigenvalue weighted by Crippen LogP contribution is 2.48. The molecule has 2 unspecified atom stereocenters. The van der Waals surface area contributed by atoms with Gasteiger partial charge in [-0.3, -0.25) is 4.79 Å². The summed E-state index contributed by atoms with van der Waals surface area (Å²) in [5.74, 6) is 0.760. The van der Waals surface area contributed by atoms with Crippen LogP contribution in [0.2, 0.25) is 0 Å². The zero-order valence-corrected chi connectivity index (χ0v) is 10.8. The number of ether oxygens (including phenoxy) is 1. The van der Waals surface area contributed by atoms with Gasteiger partial charge in [0.1, 0.15) is 0 Å². The highest BCUT2D eigenvalue weighted by atomic mass is 16.5. The van der Waals surface area contributed by atoms with E-state index in [9.17, 15) is 4.79 Å². The van der Waals surface area contributed by atoms with E-state index in [2.05, 4.69) is 33.0 Å². The zero-order chi connectivity index (χ0) is 12.0. The minimum Gasteiger partial charge on any atom is -0.381 e. The molecule has 2 atom stereocenters. The molecule has 1 amide bonds. The standard InChI is InChI=1S/C13H23NO2/c1-9-10(12(2,3)4)13(14-11(9)15)5-7-16-8-6-13/h9-10H,5-8H2,1-4H3,(H,14,15). The SMILES string of the molecule is CC1C(=O)NC2(CCOCC2)C1C(C)(C)C. The summed E-state index contributed by atoms with van der Waals surface area (Å²) in [6.07, 6.45) is 1.93. The third kappa shape index (κ3) is 1.75. The smallest absolute Gasteiger partial charge is 0.223 e. The van der Waals surface area contributed by atoms with Gasteiger partial charge in [-0.05, 0) is 24.2 Å². The Morgan fingerprint density at radius 1 is 1.31 bits per heavy atom. The molecule has 1 N–H and O–H groups in total. The molecule has 0 saturated carbocycles. The van der Waals surface area contributed by atoms with Crippen LogP contribution in [0.25, 0.3) is 0 Å². The normalized spacial score (nSPS) is 34.1. The molecule has 0 aromatic heterocycles. The highest BCUT2D eigenvalue weighted by molar-refractivity contribution is 5.82. The maximum Gasteiger partial charge on any atom is 0.223 e. The molecule has 2 heterocycles. The fourth-order valence-corrected chi connectivity index (χ4v) is 3.82. The number of hydrogen-bond donors (Lipinski definition) is 1. The first-order chi connectivity index (χ1) is 7.37. The summed E-state index contributed by atoms with van der Waals surface area (Å²) in [4.78, 5) is 12.0. The number of amides is 1. The molecule has 1 spiro atoms. The van der Waals surface area contributed by atoms with Crippen molar-refractivity contribution in [2.75, 3.05) is 13.2 Å². The van der Waals surface area contributed by atoms with Crippen LogP contribution in [-0.4, -0.2) is 24.7 Å². The van der Waals surface area contributed by atoms with Crippen molar-refractivity contribution in [2.24, 2.45) is 17.3 Å². The minimum absolute atomic E-state index is 0.00694. The summed E-state index contributed by atoms with van der Waals surface area (Å²) in [5.41, 5.74) is 0.156. The van der Waals surface area contributed by atoms with E-state index in [1.165, 1.54) is 0 Å². The van der Waals surface area contributed by atoms with Crippen LogP contribution in [0.3, 0.4) is 0 Å². The van der Waals surface area contributed by atoms with Crippen molar-refractivity contribution in [2.45, 2.75) is 46.1 Å². The van der Waals surface area contributed by atoms with Gasteiger partial charge in [-0.2, -0.15) is 0 Å². The molecule has 2 aliphatic rings. The third-order valence-electron chi connectivity index (χ3n) is 4.20. The number of hydrogen-bond acceptors (Lipinski definition) is 2. The molecule has 0 radical (unpaired) electrons. The lowest BCUT2D eigenvalue weighted by Crippen LogP contribution is -2.53. The first kappa shape index (κ1) is 11.9. The van der Waals surface area contributed by atoms with Crippen molar-refractivity contribution in [1.29, 1.82) is 0 Å². The summed E-state index contributed by atoms with van der Waals surface area (Å²) in [6, 6.07) is 0. The van der Waals surface area contributed by atoms with Crippen LogP contribution < -0.4 is 5.32 Å². The van der Waals surface area contributed by atoms with Gasteiger partial charge in [0, 0.05) is 24.7 Å². The van der Waals surface area contributed by atoms with Gasteiger partial charge in [-0.1, -0.05) is 27.7 Å². The Kier molecular flexibility index (Phi) is 2.77. The summed E-state index contributed by atoms with van der Waals surface area (Å²) in [6.45, 7) is 10.3. The molecule has 0 aromatic carbocycles. The van der Waals surface area contributed by atoms with Crippen molar-refractivity contribution in [3.8, 4) is 0 Å². The average molecular weight is 225 g/mol. The van der Waals surface area contributed by atoms with E-state index in [1.807, 2.05) is 0 Å². The van der Waals surface area contributed by atoms with Crippen LogP contribution >= 0.6 is 0 Å². The lowest BCUT2D eigenvalue weighted by Gasteiger charge is -2.45. The minimum atomic E-state index is -0.00694. The van der Waals surface area contributed by atoms with Crippen LogP contribution in [0.4, 0.5) is 0 Å². The summed E-state index contributed by atoms with van der Waals surface area (Å²) < 4.78 is 5.44. The maximum atomic E-state index is 12.0. The van der Waals surface area contributed by atoms with Crippen molar-refractivity contribution in [3.05, 3.63) is 0 Å². The van der Waals surface area contributed by atoms with Crippen LogP contribution in [0.15, 0.2) is 0 Å². The lowest BCUT2D eigenvalue weighted by atomic mass is 9.63. The first-order valence-electron chi connectivity index (χ1n) is 6.27. The number of carbonyl (C=O) groups is 1. The summed E-state index contributed by atoms with van der Waals surface area (Å²) >= 11 is 0. The Hall–Kier alpha value is -0.570. The highest BCUT2D eigenvalue weighted by Gasteiger charge is 2.55. The molecule has 16 heavy (non-hydrogen) atoms. The molecule has 3 nitrogen and oxygen atoms in total. The second kappa shape index (κ2) is 3.73. The Morgan fingerprint density at radius 2 is 1.88 bits per heavy atom. The molecular weight excluding hydrogens is 202 g/mol. The van der Waals surface area contributed by atoms with Gasteiger partial charge in [0.25, 0.3) is 0 Å². The fraction of sp³-hybridized carbons (Fsp3) is 0.923. The number of carbonyl (C=O) groups excluding carboxylic acids is 1. The van der Waals surface area contributed by atoms with Gasteiger partial charge >= 0.3 is 0 Å². The number of nitrogens with one attached hydrogen (secondary N) is 1. The van der Waals surface area contributed by atoms with Crippen molar-refractivity contribution in [3.63, 3.8) is 0 Å². The molecule has 2 saturated heterocycles. The molecule has 3 heteroatoms. The van der Waals surface area contributed by atoms with Crippen molar-refractivity contribution >= 4 is 5.91 Å². The Bertz CT molecular complexity index is 287. The summed E-state index contributed by atoms with van der Waals surface area (Å²) in [5, 5.41) is 3.26. The van der Waals surface area contributed by atoms with E-state index in [0.717, 1.165) is 26.1 Å². The van der Waals surface area contributed by atoms with Crippen LogP contribution in [0, 0.1) is 17.3 Å². The molecule has 2 fully saturated rings. The van der Waals surface area contributed by atoms with Gasteiger partial charge in [0.2, 0.25) is 5.91 Å². The molecule has 92 valence electrons. The van der Waals surface area contributed by atoms with Crippen LogP contribution in [-0.2, 0) is 9.53 Å². The Labute approximate surface area is 97.9 Å². The molecular formula is C13H23NO2. The maximum absolute atomic E-state index is 12.0. The zero-order valence-electron chi connectivity index (χ0n) is 10.8. The van der Waals surface area contributed by atoms with Gasteiger partial charge in [-0.15, -0.1) is 0 Å². The molecule has 0 bridgehead atoms. The predicted molar refractivity (Wildman–Crippen MR) is 63.0 cm³/mol. The predicted octanol–water partition coefficient (Wildman–Crippen LogP) is 1.96. The summed E-state index contributed by atoms with van der Waals surface area (Å²) in [7, 11) is 0. The van der Waals surface area contributed by atoms with E-state index in [0.29, 0.717) is 5.92 Å². The largest absolute Gasteiger partial charge is 0.381 e. The van der Waals surface area contributed by atoms with Crippen molar-refractivity contribution in [1.82, 2.24) is 5.32 Å². The van der Waals surface area contributed by atoms with E-state index in [-0.39, 0.29) is 22.8 Å². The van der Waals surface area contributed by atoms with Crippen molar-refractivity contribution < 1.29 is 9.53 Å². The average Bonchev–Trinajstić information content (AvgIpc) is 2.38. The van der Waals surface area contributed by atoms with E-state index >= 15 is 0 Å². The lowest BCUT2D eigenvalue weighted by molar-refractivity contribution is -0.123. The van der Waals surface area contributed by atoms with E-state index in [4.69, 9.17) is 4.74 Å². The fourth-order valence-electron chi connectivity index (χ4n) is 3.82. The molecule has 2 aliphatic heterocycles. The van der Waals surface area contributed by atoms with Gasteiger partial charge in [0.15, 0.2) is 0 Å². The quantitative estimate of drug-likeness (QED) is 0.684. The van der Waals surface area contributed by atoms with Crippen LogP contribution in [0.1, 0.15) is 40.5 Å². The first-order valence-corrected chi connectivity index (χ1v) is 6.27. The molecule has 0 aliphatic carbocycles. The Balaban J connectivity index is 2.32. The monoisotopic (exact) mass is 225 g/mol. The van der Waals surface area contributed by atoms with Gasteiger partial charge in [0.05, 0.1) is 0 Å². The third-order valence-corrected chi connectivity index (χ3v) is 4.20. The van der Waals surface area contributed by atoms with Gasteiger partial charge in [-0.25, -0.2) is 0 Å². The molecule has 0 aromatic rings. The molecule has 2 rings (SSSR count). The van der Waals surface area contributed by atoms with E-state index < -0.39 is 0 Å². The topological polar surface area (TPSA) is 38.3 Å². The van der Waals surface area contributed by atoms with Crippen LogP contribution in [0.5, 0.6) is 0 Å². The van der Waals surface area contributed by atoms with E-state index in [1.54, 1.807) is 0 Å². The number of rotatable bonds is 0. The van der Waals surface area contributed by atoms with Gasteiger partial charge < -0.3 is 10.1 Å².